The summed E-state index contributed by atoms with van der Waals surface area (Å²) >= 11 is 0. The number of carbonyl (C=O) groups excluding carboxylic acids is 2. The molecule has 0 aromatic carbocycles. The Bertz CT molecular complexity index is 532. The summed E-state index contributed by atoms with van der Waals surface area (Å²) in [7, 11) is 4.04. The minimum Gasteiger partial charge on any atom is -0.368 e. The third kappa shape index (κ3) is 5.06. The van der Waals surface area contributed by atoms with Crippen molar-refractivity contribution in [2.24, 2.45) is 5.73 Å². The minimum atomic E-state index is -0.363. The maximum Gasteiger partial charge on any atom is 0.237 e. The summed E-state index contributed by atoms with van der Waals surface area (Å²) in [6.45, 7) is 2.62. The summed E-state index contributed by atoms with van der Waals surface area (Å²) in [5.41, 5.74) is 5.27. The van der Waals surface area contributed by atoms with Crippen molar-refractivity contribution in [3.63, 3.8) is 0 Å². The van der Waals surface area contributed by atoms with Gasteiger partial charge in [-0.15, -0.1) is 0 Å². The smallest absolute Gasteiger partial charge is 0.237 e. The predicted molar refractivity (Wildman–Crippen MR) is 87.8 cm³/mol. The summed E-state index contributed by atoms with van der Waals surface area (Å²) in [4.78, 5) is 31.7. The minimum absolute atomic E-state index is 0.166. The molecule has 0 atom stereocenters. The molecule has 1 saturated heterocycles. The summed E-state index contributed by atoms with van der Waals surface area (Å²) in [6.07, 6.45) is 6.77. The van der Waals surface area contributed by atoms with Crippen LogP contribution in [0.5, 0.6) is 0 Å². The Kier molecular flexibility index (Phi) is 6.15. The number of nitrogens with two attached hydrogens (primary N) is 1. The van der Waals surface area contributed by atoms with Crippen molar-refractivity contribution >= 4 is 11.8 Å². The van der Waals surface area contributed by atoms with Crippen LogP contribution in [0.15, 0.2) is 12.4 Å². The molecular formula is C16H27N5O2. The molecule has 1 aliphatic heterocycles. The fraction of sp³-hybridized carbons (Fsp3) is 0.688. The maximum absolute atomic E-state index is 12.2. The van der Waals surface area contributed by atoms with Crippen LogP contribution >= 0.6 is 0 Å². The first kappa shape index (κ1) is 17.5. The lowest BCUT2D eigenvalue weighted by Gasteiger charge is -2.32. The number of aromatic nitrogens is 2. The van der Waals surface area contributed by atoms with E-state index < -0.39 is 0 Å². The lowest BCUT2D eigenvalue weighted by atomic mass is 9.95. The second kappa shape index (κ2) is 8.10. The van der Waals surface area contributed by atoms with E-state index in [2.05, 4.69) is 9.88 Å². The molecular weight excluding hydrogens is 294 g/mol. The van der Waals surface area contributed by atoms with Gasteiger partial charge in [0.05, 0.1) is 0 Å². The van der Waals surface area contributed by atoms with Gasteiger partial charge in [0.1, 0.15) is 12.4 Å². The number of amides is 2. The zero-order chi connectivity index (χ0) is 16.8. The first-order valence-corrected chi connectivity index (χ1v) is 8.19. The van der Waals surface area contributed by atoms with Gasteiger partial charge < -0.3 is 20.1 Å². The van der Waals surface area contributed by atoms with E-state index in [-0.39, 0.29) is 24.3 Å². The van der Waals surface area contributed by atoms with Gasteiger partial charge in [0.15, 0.2) is 0 Å². The van der Waals surface area contributed by atoms with Crippen LogP contribution in [0.3, 0.4) is 0 Å². The van der Waals surface area contributed by atoms with Crippen LogP contribution < -0.4 is 5.73 Å². The Balaban J connectivity index is 1.83. The molecule has 7 nitrogen and oxygen atoms in total. The van der Waals surface area contributed by atoms with E-state index in [4.69, 9.17) is 5.73 Å². The number of hydrogen-bond acceptors (Lipinski definition) is 4. The van der Waals surface area contributed by atoms with Crippen molar-refractivity contribution in [2.75, 3.05) is 33.7 Å². The Hall–Kier alpha value is -1.89. The highest BCUT2D eigenvalue weighted by molar-refractivity contribution is 5.76. The summed E-state index contributed by atoms with van der Waals surface area (Å²) in [5.74, 6) is 1.07. The lowest BCUT2D eigenvalue weighted by Crippen LogP contribution is -2.38. The number of likely N-dealkylation sites (tertiary alicyclic amines) is 1. The van der Waals surface area contributed by atoms with Gasteiger partial charge in [-0.05, 0) is 39.9 Å². The van der Waals surface area contributed by atoms with Crippen LogP contribution in [0.1, 0.15) is 37.4 Å². The van der Waals surface area contributed by atoms with Crippen molar-refractivity contribution in [3.05, 3.63) is 18.2 Å². The molecule has 0 aliphatic carbocycles. The quantitative estimate of drug-likeness (QED) is 0.788. The summed E-state index contributed by atoms with van der Waals surface area (Å²) in [6, 6.07) is 0. The topological polar surface area (TPSA) is 84.5 Å². The van der Waals surface area contributed by atoms with Crippen molar-refractivity contribution < 1.29 is 9.59 Å². The van der Waals surface area contributed by atoms with Crippen LogP contribution in [0, 0.1) is 0 Å². The number of nitrogens with zero attached hydrogens (tertiary/aromatic N) is 4. The van der Waals surface area contributed by atoms with E-state index in [1.807, 2.05) is 23.6 Å². The summed E-state index contributed by atoms with van der Waals surface area (Å²) in [5, 5.41) is 0. The average Bonchev–Trinajstić information content (AvgIpc) is 2.94. The second-order valence-electron chi connectivity index (χ2n) is 6.44. The first-order chi connectivity index (χ1) is 11.0. The number of primary amides is 1. The Morgan fingerprint density at radius 1 is 1.35 bits per heavy atom. The highest BCUT2D eigenvalue weighted by Gasteiger charge is 2.26. The van der Waals surface area contributed by atoms with Crippen molar-refractivity contribution in [1.82, 2.24) is 19.4 Å². The molecule has 0 spiro atoms. The molecule has 1 fully saturated rings. The van der Waals surface area contributed by atoms with Gasteiger partial charge >= 0.3 is 0 Å². The zero-order valence-electron chi connectivity index (χ0n) is 14.1. The molecule has 0 saturated carbocycles. The average molecular weight is 321 g/mol. The third-order valence-corrected chi connectivity index (χ3v) is 4.28. The van der Waals surface area contributed by atoms with Gasteiger partial charge in [0.2, 0.25) is 11.8 Å². The SMILES string of the molecule is CN(C)CCCC(=O)N1CCC(c2nccn2CC(N)=O)CC1. The fourth-order valence-electron chi connectivity index (χ4n) is 3.07. The van der Waals surface area contributed by atoms with E-state index in [9.17, 15) is 9.59 Å². The Morgan fingerprint density at radius 3 is 2.65 bits per heavy atom. The van der Waals surface area contributed by atoms with E-state index >= 15 is 0 Å². The molecule has 1 aromatic heterocycles. The van der Waals surface area contributed by atoms with E-state index in [0.717, 1.165) is 44.7 Å². The normalized spacial score (nSPS) is 16.0. The molecule has 2 rings (SSSR count). The molecule has 2 heterocycles. The Labute approximate surface area is 137 Å². The van der Waals surface area contributed by atoms with Crippen molar-refractivity contribution in [2.45, 2.75) is 38.1 Å². The lowest BCUT2D eigenvalue weighted by molar-refractivity contribution is -0.132. The number of imidazole rings is 1. The van der Waals surface area contributed by atoms with E-state index in [0.29, 0.717) is 6.42 Å². The molecule has 0 radical (unpaired) electrons. The fourth-order valence-corrected chi connectivity index (χ4v) is 3.07. The molecule has 7 heteroatoms. The highest BCUT2D eigenvalue weighted by Crippen LogP contribution is 2.27. The third-order valence-electron chi connectivity index (χ3n) is 4.28. The number of carbonyl (C=O) groups is 2. The predicted octanol–water partition coefficient (Wildman–Crippen LogP) is 0.416. The zero-order valence-corrected chi connectivity index (χ0v) is 14.1. The van der Waals surface area contributed by atoms with Crippen LogP contribution in [0.25, 0.3) is 0 Å². The highest BCUT2D eigenvalue weighted by atomic mass is 16.2. The van der Waals surface area contributed by atoms with Crippen LogP contribution in [-0.4, -0.2) is 64.9 Å². The monoisotopic (exact) mass is 321 g/mol. The van der Waals surface area contributed by atoms with Crippen molar-refractivity contribution in [1.29, 1.82) is 0 Å². The van der Waals surface area contributed by atoms with E-state index in [1.165, 1.54) is 0 Å². The van der Waals surface area contributed by atoms with Gasteiger partial charge in [0.25, 0.3) is 0 Å². The molecule has 0 bridgehead atoms. The van der Waals surface area contributed by atoms with Crippen LogP contribution in [0.2, 0.25) is 0 Å². The van der Waals surface area contributed by atoms with Crippen molar-refractivity contribution in [3.8, 4) is 0 Å². The molecule has 1 aromatic rings. The number of rotatable bonds is 7. The number of hydrogen-bond donors (Lipinski definition) is 1. The molecule has 23 heavy (non-hydrogen) atoms. The molecule has 0 unspecified atom stereocenters. The number of piperidine rings is 1. The molecule has 2 amide bonds. The van der Waals surface area contributed by atoms with Crippen LogP contribution in [-0.2, 0) is 16.1 Å². The standard InChI is InChI=1S/C16H27N5O2/c1-19(2)8-3-4-15(23)20-9-5-13(6-10-20)16-18-7-11-21(16)12-14(17)22/h7,11,13H,3-6,8-10,12H2,1-2H3,(H2,17,22). The molecule has 1 aliphatic rings. The second-order valence-corrected chi connectivity index (χ2v) is 6.44. The van der Waals surface area contributed by atoms with Crippen LogP contribution in [0.4, 0.5) is 0 Å². The van der Waals surface area contributed by atoms with Gasteiger partial charge in [0, 0.05) is 37.8 Å². The van der Waals surface area contributed by atoms with Gasteiger partial charge in [-0.25, -0.2) is 4.98 Å². The van der Waals surface area contributed by atoms with Gasteiger partial charge in [-0.3, -0.25) is 9.59 Å². The van der Waals surface area contributed by atoms with Gasteiger partial charge in [-0.1, -0.05) is 0 Å². The summed E-state index contributed by atoms with van der Waals surface area (Å²) < 4.78 is 1.82. The molecule has 2 N–H and O–H groups in total. The molecule has 128 valence electrons. The Morgan fingerprint density at radius 2 is 2.04 bits per heavy atom. The first-order valence-electron chi connectivity index (χ1n) is 8.19. The largest absolute Gasteiger partial charge is 0.368 e. The van der Waals surface area contributed by atoms with Gasteiger partial charge in [-0.2, -0.15) is 0 Å². The maximum atomic E-state index is 12.2. The van der Waals surface area contributed by atoms with E-state index in [1.54, 1.807) is 12.4 Å².